The normalized spacial score (nSPS) is 24.1. The highest BCUT2D eigenvalue weighted by molar-refractivity contribution is 9.08. The van der Waals surface area contributed by atoms with Gasteiger partial charge in [0.2, 0.25) is 0 Å². The van der Waals surface area contributed by atoms with Gasteiger partial charge >= 0.3 is 0 Å². The van der Waals surface area contributed by atoms with Crippen LogP contribution in [-0.2, 0) is 10.1 Å². The number of alkyl halides is 1. The lowest BCUT2D eigenvalue weighted by molar-refractivity contribution is -0.109. The van der Waals surface area contributed by atoms with Crippen LogP contribution in [-0.4, -0.2) is 25.9 Å². The van der Waals surface area contributed by atoms with Gasteiger partial charge in [-0.25, -0.2) is 4.68 Å². The Hall–Kier alpha value is -0.360. The summed E-state index contributed by atoms with van der Waals surface area (Å²) in [5.41, 5.74) is 0.974. The summed E-state index contributed by atoms with van der Waals surface area (Å²) < 4.78 is 1.95. The minimum Gasteiger partial charge on any atom is -0.288 e. The Morgan fingerprint density at radius 2 is 2.44 bits per heavy atom. The Kier molecular flexibility index (Phi) is 4.02. The molecule has 1 aromatic rings. The van der Waals surface area contributed by atoms with E-state index in [4.69, 9.17) is 0 Å². The quantitative estimate of drug-likeness (QED) is 0.802. The van der Waals surface area contributed by atoms with E-state index in [0.29, 0.717) is 12.0 Å². The van der Waals surface area contributed by atoms with Gasteiger partial charge in [0.15, 0.2) is 5.12 Å². The molecule has 0 atom stereocenters. The first-order valence-corrected chi connectivity index (χ1v) is 7.39. The van der Waals surface area contributed by atoms with Gasteiger partial charge in [-0.05, 0) is 18.8 Å². The Balaban J connectivity index is 1.77. The molecule has 1 aromatic heterocycles. The maximum absolute atomic E-state index is 10.8. The lowest BCUT2D eigenvalue weighted by Crippen LogP contribution is -2.29. The molecule has 0 aliphatic heterocycles. The van der Waals surface area contributed by atoms with E-state index >= 15 is 0 Å². The van der Waals surface area contributed by atoms with Gasteiger partial charge in [0, 0.05) is 24.2 Å². The Morgan fingerprint density at radius 3 is 3.00 bits per heavy atom. The number of hydrogen-bond acceptors (Lipinski definition) is 4. The molecule has 0 bridgehead atoms. The van der Waals surface area contributed by atoms with Crippen LogP contribution < -0.4 is 0 Å². The summed E-state index contributed by atoms with van der Waals surface area (Å²) in [6, 6.07) is 0.484. The van der Waals surface area contributed by atoms with Gasteiger partial charge in [-0.1, -0.05) is 32.9 Å². The number of carbonyl (C=O) groups is 1. The zero-order valence-electron chi connectivity index (χ0n) is 9.10. The van der Waals surface area contributed by atoms with Crippen LogP contribution in [0, 0.1) is 5.92 Å². The number of nitrogens with zero attached hydrogens (tertiary/aromatic N) is 3. The van der Waals surface area contributed by atoms with Gasteiger partial charge in [-0.2, -0.15) is 0 Å². The molecule has 4 nitrogen and oxygen atoms in total. The fourth-order valence-corrected chi connectivity index (χ4v) is 2.84. The first-order valence-electron chi connectivity index (χ1n) is 5.29. The van der Waals surface area contributed by atoms with Crippen molar-refractivity contribution < 1.29 is 4.79 Å². The van der Waals surface area contributed by atoms with Crippen LogP contribution >= 0.6 is 27.7 Å². The zero-order valence-corrected chi connectivity index (χ0v) is 11.5. The molecule has 1 heterocycles. The monoisotopic (exact) mass is 303 g/mol. The molecular weight excluding hydrogens is 290 g/mol. The molecule has 0 saturated heterocycles. The van der Waals surface area contributed by atoms with Crippen molar-refractivity contribution >= 4 is 32.8 Å². The van der Waals surface area contributed by atoms with Crippen LogP contribution in [0.3, 0.4) is 0 Å². The third kappa shape index (κ3) is 2.85. The van der Waals surface area contributed by atoms with Gasteiger partial charge in [0.25, 0.3) is 0 Å². The van der Waals surface area contributed by atoms with Crippen LogP contribution in [0.1, 0.15) is 31.5 Å². The SMILES string of the molecule is CC(=O)SCC1CC(n2cc(CBr)nn2)C1. The molecule has 1 fully saturated rings. The first-order chi connectivity index (χ1) is 7.69. The second-order valence-electron chi connectivity index (χ2n) is 4.12. The molecule has 0 radical (unpaired) electrons. The summed E-state index contributed by atoms with van der Waals surface area (Å²) in [4.78, 5) is 10.8. The largest absolute Gasteiger partial charge is 0.288 e. The van der Waals surface area contributed by atoms with E-state index in [1.54, 1.807) is 6.92 Å². The van der Waals surface area contributed by atoms with Crippen molar-refractivity contribution in [1.82, 2.24) is 15.0 Å². The molecule has 2 rings (SSSR count). The molecule has 0 amide bonds. The van der Waals surface area contributed by atoms with Crippen molar-refractivity contribution in [2.45, 2.75) is 31.1 Å². The summed E-state index contributed by atoms with van der Waals surface area (Å²) in [6.45, 7) is 1.63. The van der Waals surface area contributed by atoms with E-state index in [1.165, 1.54) is 11.8 Å². The molecule has 0 unspecified atom stereocenters. The van der Waals surface area contributed by atoms with Crippen molar-refractivity contribution in [2.75, 3.05) is 5.75 Å². The smallest absolute Gasteiger partial charge is 0.185 e. The fraction of sp³-hybridized carbons (Fsp3) is 0.700. The van der Waals surface area contributed by atoms with E-state index in [9.17, 15) is 4.79 Å². The molecule has 0 aromatic carbocycles. The minimum absolute atomic E-state index is 0.214. The number of hydrogen-bond donors (Lipinski definition) is 0. The van der Waals surface area contributed by atoms with Crippen molar-refractivity contribution in [3.05, 3.63) is 11.9 Å². The number of halogens is 1. The average molecular weight is 304 g/mol. The van der Waals surface area contributed by atoms with Crippen LogP contribution in [0.4, 0.5) is 0 Å². The number of thioether (sulfide) groups is 1. The highest BCUT2D eigenvalue weighted by Gasteiger charge is 2.31. The summed E-state index contributed by atoms with van der Waals surface area (Å²) in [6.07, 6.45) is 4.23. The standard InChI is InChI=1S/C10H14BrN3OS/c1-7(15)16-6-8-2-10(3-8)14-5-9(4-11)12-13-14/h5,8,10H,2-4,6H2,1H3. The Labute approximate surface area is 107 Å². The lowest BCUT2D eigenvalue weighted by atomic mass is 9.82. The molecule has 16 heavy (non-hydrogen) atoms. The summed E-state index contributed by atoms with van der Waals surface area (Å²) in [7, 11) is 0. The number of rotatable bonds is 4. The lowest BCUT2D eigenvalue weighted by Gasteiger charge is -2.34. The van der Waals surface area contributed by atoms with Crippen LogP contribution in [0.15, 0.2) is 6.20 Å². The second-order valence-corrected chi connectivity index (χ2v) is 5.88. The molecule has 88 valence electrons. The minimum atomic E-state index is 0.214. The van der Waals surface area contributed by atoms with Crippen molar-refractivity contribution in [3.8, 4) is 0 Å². The average Bonchev–Trinajstić information content (AvgIpc) is 2.63. The van der Waals surface area contributed by atoms with E-state index in [0.717, 1.165) is 29.6 Å². The second kappa shape index (κ2) is 5.31. The molecule has 0 N–H and O–H groups in total. The maximum atomic E-state index is 10.8. The molecule has 1 saturated carbocycles. The van der Waals surface area contributed by atoms with Crippen LogP contribution in [0.5, 0.6) is 0 Å². The van der Waals surface area contributed by atoms with Gasteiger partial charge in [0.1, 0.15) is 0 Å². The van der Waals surface area contributed by atoms with Gasteiger partial charge < -0.3 is 0 Å². The third-order valence-corrected chi connectivity index (χ3v) is 4.42. The van der Waals surface area contributed by atoms with Crippen molar-refractivity contribution in [2.24, 2.45) is 5.92 Å². The third-order valence-electron chi connectivity index (χ3n) is 2.80. The predicted molar refractivity (Wildman–Crippen MR) is 67.6 cm³/mol. The molecular formula is C10H14BrN3OS. The van der Waals surface area contributed by atoms with Crippen LogP contribution in [0.25, 0.3) is 0 Å². The van der Waals surface area contributed by atoms with E-state index in [1.807, 2.05) is 10.9 Å². The number of carbonyl (C=O) groups excluding carboxylic acids is 1. The zero-order chi connectivity index (χ0) is 11.5. The maximum Gasteiger partial charge on any atom is 0.185 e. The topological polar surface area (TPSA) is 47.8 Å². The molecule has 0 spiro atoms. The summed E-state index contributed by atoms with van der Waals surface area (Å²) >= 11 is 4.79. The Bertz CT molecular complexity index is 376. The molecule has 1 aliphatic rings. The van der Waals surface area contributed by atoms with E-state index < -0.39 is 0 Å². The highest BCUT2D eigenvalue weighted by Crippen LogP contribution is 2.39. The van der Waals surface area contributed by atoms with Gasteiger partial charge in [0.05, 0.1) is 11.7 Å². The van der Waals surface area contributed by atoms with Gasteiger partial charge in [-0.3, -0.25) is 4.79 Å². The number of aromatic nitrogens is 3. The highest BCUT2D eigenvalue weighted by atomic mass is 79.9. The first kappa shape index (κ1) is 12.1. The summed E-state index contributed by atoms with van der Waals surface area (Å²) in [5, 5.41) is 9.11. The van der Waals surface area contributed by atoms with Crippen molar-refractivity contribution in [1.29, 1.82) is 0 Å². The van der Waals surface area contributed by atoms with E-state index in [-0.39, 0.29) is 5.12 Å². The molecule has 1 aliphatic carbocycles. The molecule has 6 heteroatoms. The fourth-order valence-electron chi connectivity index (χ4n) is 1.84. The predicted octanol–water partition coefficient (Wildman–Crippen LogP) is 2.40. The van der Waals surface area contributed by atoms with E-state index in [2.05, 4.69) is 26.2 Å². The summed E-state index contributed by atoms with van der Waals surface area (Å²) in [5.74, 6) is 1.61. The Morgan fingerprint density at radius 1 is 1.69 bits per heavy atom. The van der Waals surface area contributed by atoms with Crippen LogP contribution in [0.2, 0.25) is 0 Å². The van der Waals surface area contributed by atoms with Gasteiger partial charge in [-0.15, -0.1) is 5.10 Å². The van der Waals surface area contributed by atoms with Crippen molar-refractivity contribution in [3.63, 3.8) is 0 Å².